The molecule has 0 saturated heterocycles. The molecule has 0 radical (unpaired) electrons. The van der Waals surface area contributed by atoms with Crippen LogP contribution in [0, 0.1) is 0 Å². The molecule has 2 nitrogen and oxygen atoms in total. The Morgan fingerprint density at radius 3 is 2.00 bits per heavy atom. The Bertz CT molecular complexity index is 167. The number of Topliss-reactive ketones (excluding diaryl/α,β-unsaturated/α-hetero) is 2. The van der Waals surface area contributed by atoms with Gasteiger partial charge in [-0.15, -0.1) is 0 Å². The summed E-state index contributed by atoms with van der Waals surface area (Å²) in [7, 11) is 0. The maximum atomic E-state index is 12.2. The van der Waals surface area contributed by atoms with Gasteiger partial charge in [-0.25, -0.2) is 13.2 Å². The van der Waals surface area contributed by atoms with Gasteiger partial charge in [0.1, 0.15) is 5.78 Å². The lowest BCUT2D eigenvalue weighted by atomic mass is 10.1. The van der Waals surface area contributed by atoms with Gasteiger partial charge in [-0.05, 0) is 6.92 Å². The summed E-state index contributed by atoms with van der Waals surface area (Å²) in [6.45, 7) is 1.03. The lowest BCUT2D eigenvalue weighted by molar-refractivity contribution is -0.136. The number of hydrogen-bond acceptors (Lipinski definition) is 2. The SMILES string of the molecule is CC(=O)CC(F)C(=O)C(F)F. The highest BCUT2D eigenvalue weighted by atomic mass is 19.3. The highest BCUT2D eigenvalue weighted by Gasteiger charge is 2.26. The van der Waals surface area contributed by atoms with E-state index in [1.807, 2.05) is 0 Å². The molecule has 5 heteroatoms. The molecule has 0 bridgehead atoms. The minimum Gasteiger partial charge on any atom is -0.300 e. The monoisotopic (exact) mass is 168 g/mol. The van der Waals surface area contributed by atoms with Gasteiger partial charge in [0.15, 0.2) is 6.17 Å². The summed E-state index contributed by atoms with van der Waals surface area (Å²) >= 11 is 0. The smallest absolute Gasteiger partial charge is 0.299 e. The van der Waals surface area contributed by atoms with Gasteiger partial charge in [0, 0.05) is 6.42 Å². The second-order valence-corrected chi connectivity index (χ2v) is 2.08. The first kappa shape index (κ1) is 10.1. The summed E-state index contributed by atoms with van der Waals surface area (Å²) in [5.41, 5.74) is 0. The zero-order valence-corrected chi connectivity index (χ0v) is 5.81. The summed E-state index contributed by atoms with van der Waals surface area (Å²) in [5, 5.41) is 0. The standard InChI is InChI=1S/C6H7F3O2/c1-3(10)2-4(7)5(11)6(8)9/h4,6H,2H2,1H3. The summed E-state index contributed by atoms with van der Waals surface area (Å²) in [4.78, 5) is 20.2. The van der Waals surface area contributed by atoms with Crippen LogP contribution in [-0.2, 0) is 9.59 Å². The van der Waals surface area contributed by atoms with Crippen LogP contribution in [0.25, 0.3) is 0 Å². The molecule has 0 aromatic heterocycles. The summed E-state index contributed by atoms with van der Waals surface area (Å²) in [6, 6.07) is 0. The number of rotatable bonds is 4. The second kappa shape index (κ2) is 4.10. The predicted molar refractivity (Wildman–Crippen MR) is 31.2 cm³/mol. The first-order chi connectivity index (χ1) is 4.95. The summed E-state index contributed by atoms with van der Waals surface area (Å²) in [6.07, 6.45) is -6.44. The molecule has 0 aliphatic carbocycles. The van der Waals surface area contributed by atoms with Crippen molar-refractivity contribution in [2.45, 2.75) is 25.9 Å². The maximum absolute atomic E-state index is 12.2. The Hall–Kier alpha value is -0.870. The number of carbonyl (C=O) groups excluding carboxylic acids is 2. The van der Waals surface area contributed by atoms with Crippen LogP contribution in [0.4, 0.5) is 13.2 Å². The highest BCUT2D eigenvalue weighted by Crippen LogP contribution is 2.06. The van der Waals surface area contributed by atoms with E-state index < -0.39 is 30.6 Å². The van der Waals surface area contributed by atoms with Crippen molar-refractivity contribution in [3.8, 4) is 0 Å². The number of alkyl halides is 3. The molecule has 0 aliphatic heterocycles. The van der Waals surface area contributed by atoms with Crippen molar-refractivity contribution in [3.05, 3.63) is 0 Å². The first-order valence-electron chi connectivity index (χ1n) is 2.90. The molecular weight excluding hydrogens is 161 g/mol. The van der Waals surface area contributed by atoms with Gasteiger partial charge < -0.3 is 0 Å². The first-order valence-corrected chi connectivity index (χ1v) is 2.90. The molecule has 0 amide bonds. The fourth-order valence-corrected chi connectivity index (χ4v) is 0.490. The molecule has 0 heterocycles. The largest absolute Gasteiger partial charge is 0.300 e. The molecule has 0 N–H and O–H groups in total. The third-order valence-electron chi connectivity index (χ3n) is 0.990. The third kappa shape index (κ3) is 3.75. The van der Waals surface area contributed by atoms with Crippen molar-refractivity contribution >= 4 is 11.6 Å². The average molecular weight is 168 g/mol. The van der Waals surface area contributed by atoms with Crippen molar-refractivity contribution in [2.75, 3.05) is 0 Å². The van der Waals surface area contributed by atoms with Crippen LogP contribution in [-0.4, -0.2) is 24.2 Å². The van der Waals surface area contributed by atoms with Crippen LogP contribution >= 0.6 is 0 Å². The predicted octanol–water partition coefficient (Wildman–Crippen LogP) is 1.14. The number of hydrogen-bond donors (Lipinski definition) is 0. The lowest BCUT2D eigenvalue weighted by Gasteiger charge is -2.02. The van der Waals surface area contributed by atoms with Gasteiger partial charge in [0.2, 0.25) is 5.78 Å². The van der Waals surface area contributed by atoms with E-state index in [-0.39, 0.29) is 0 Å². The minimum atomic E-state index is -3.33. The van der Waals surface area contributed by atoms with Crippen LogP contribution in [0.1, 0.15) is 13.3 Å². The van der Waals surface area contributed by atoms with Gasteiger partial charge in [-0.2, -0.15) is 0 Å². The number of ketones is 2. The third-order valence-corrected chi connectivity index (χ3v) is 0.990. The van der Waals surface area contributed by atoms with E-state index in [1.54, 1.807) is 0 Å². The molecule has 0 aliphatic rings. The minimum absolute atomic E-state index is 0.619. The van der Waals surface area contributed by atoms with Gasteiger partial charge in [-0.3, -0.25) is 9.59 Å². The molecule has 1 unspecified atom stereocenters. The zero-order chi connectivity index (χ0) is 9.02. The lowest BCUT2D eigenvalue weighted by Crippen LogP contribution is -2.24. The normalized spacial score (nSPS) is 13.2. The molecule has 0 fully saturated rings. The number of carbonyl (C=O) groups is 2. The molecule has 0 spiro atoms. The molecule has 0 saturated carbocycles. The van der Waals surface area contributed by atoms with Crippen LogP contribution in [0.3, 0.4) is 0 Å². The highest BCUT2D eigenvalue weighted by molar-refractivity contribution is 5.90. The van der Waals surface area contributed by atoms with Gasteiger partial charge in [0.25, 0.3) is 6.43 Å². The maximum Gasteiger partial charge on any atom is 0.299 e. The van der Waals surface area contributed by atoms with E-state index in [1.165, 1.54) is 0 Å². The molecular formula is C6H7F3O2. The van der Waals surface area contributed by atoms with E-state index in [4.69, 9.17) is 0 Å². The van der Waals surface area contributed by atoms with Crippen molar-refractivity contribution < 1.29 is 22.8 Å². The average Bonchev–Trinajstić information content (AvgIpc) is 1.84. The van der Waals surface area contributed by atoms with Gasteiger partial charge in [0.05, 0.1) is 0 Å². The van der Waals surface area contributed by atoms with Crippen molar-refractivity contribution in [1.82, 2.24) is 0 Å². The van der Waals surface area contributed by atoms with Gasteiger partial charge in [-0.1, -0.05) is 0 Å². The Balaban J connectivity index is 3.93. The van der Waals surface area contributed by atoms with E-state index in [2.05, 4.69) is 0 Å². The Morgan fingerprint density at radius 1 is 1.27 bits per heavy atom. The Labute approximate surface area is 61.4 Å². The number of halogens is 3. The van der Waals surface area contributed by atoms with E-state index in [9.17, 15) is 22.8 Å². The molecule has 64 valence electrons. The van der Waals surface area contributed by atoms with Crippen LogP contribution in [0.5, 0.6) is 0 Å². The molecule has 11 heavy (non-hydrogen) atoms. The van der Waals surface area contributed by atoms with Gasteiger partial charge >= 0.3 is 0 Å². The van der Waals surface area contributed by atoms with Crippen molar-refractivity contribution in [3.63, 3.8) is 0 Å². The quantitative estimate of drug-likeness (QED) is 0.630. The fraction of sp³-hybridized carbons (Fsp3) is 0.667. The molecule has 0 rings (SSSR count). The Kier molecular flexibility index (Phi) is 3.78. The van der Waals surface area contributed by atoms with E-state index in [0.717, 1.165) is 6.92 Å². The fourth-order valence-electron chi connectivity index (χ4n) is 0.490. The molecule has 0 aromatic rings. The molecule has 0 aromatic carbocycles. The zero-order valence-electron chi connectivity index (χ0n) is 5.81. The van der Waals surface area contributed by atoms with Crippen LogP contribution in [0.2, 0.25) is 0 Å². The Morgan fingerprint density at radius 2 is 1.73 bits per heavy atom. The summed E-state index contributed by atoms with van der Waals surface area (Å²) in [5.74, 6) is -2.44. The molecule has 1 atom stereocenters. The van der Waals surface area contributed by atoms with E-state index in [0.29, 0.717) is 0 Å². The van der Waals surface area contributed by atoms with E-state index >= 15 is 0 Å². The van der Waals surface area contributed by atoms with Crippen molar-refractivity contribution in [2.24, 2.45) is 0 Å². The summed E-state index contributed by atoms with van der Waals surface area (Å²) < 4.78 is 35.1. The van der Waals surface area contributed by atoms with Crippen LogP contribution in [0.15, 0.2) is 0 Å². The van der Waals surface area contributed by atoms with Crippen LogP contribution < -0.4 is 0 Å². The van der Waals surface area contributed by atoms with Crippen molar-refractivity contribution in [1.29, 1.82) is 0 Å². The second-order valence-electron chi connectivity index (χ2n) is 2.08. The topological polar surface area (TPSA) is 34.1 Å².